The molecule has 0 saturated carbocycles. The van der Waals surface area contributed by atoms with Crippen molar-refractivity contribution < 1.29 is 22.6 Å². The molecular weight excluding hydrogens is 271 g/mol. The highest BCUT2D eigenvalue weighted by atomic mass is 19.4. The number of hydrogen-bond donors (Lipinski definition) is 1. The fraction of sp³-hybridized carbons (Fsp3) is 0.571. The molecule has 6 heteroatoms. The predicted molar refractivity (Wildman–Crippen MR) is 70.9 cm³/mol. The van der Waals surface area contributed by atoms with Crippen molar-refractivity contribution in [3.8, 4) is 11.5 Å². The molecular formula is C14H20F3NO2. The van der Waals surface area contributed by atoms with E-state index in [1.165, 1.54) is 24.3 Å². The summed E-state index contributed by atoms with van der Waals surface area (Å²) in [6.07, 6.45) is -3.82. The van der Waals surface area contributed by atoms with Gasteiger partial charge < -0.3 is 14.8 Å². The molecule has 0 saturated heterocycles. The average Bonchev–Trinajstić information content (AvgIpc) is 2.33. The van der Waals surface area contributed by atoms with Crippen LogP contribution >= 0.6 is 0 Å². The molecule has 114 valence electrons. The zero-order valence-electron chi connectivity index (χ0n) is 11.7. The molecule has 0 aliphatic carbocycles. The fourth-order valence-electron chi connectivity index (χ4n) is 1.52. The van der Waals surface area contributed by atoms with Crippen LogP contribution in [-0.4, -0.2) is 26.1 Å². The van der Waals surface area contributed by atoms with Gasteiger partial charge in [-0.2, -0.15) is 0 Å². The first-order chi connectivity index (χ1) is 9.37. The monoisotopic (exact) mass is 291 g/mol. The second-order valence-electron chi connectivity index (χ2n) is 4.82. The topological polar surface area (TPSA) is 30.5 Å². The van der Waals surface area contributed by atoms with Gasteiger partial charge in [0.05, 0.1) is 6.61 Å². The zero-order chi connectivity index (χ0) is 15.0. The van der Waals surface area contributed by atoms with Gasteiger partial charge in [-0.15, -0.1) is 13.2 Å². The van der Waals surface area contributed by atoms with Gasteiger partial charge in [-0.1, -0.05) is 13.8 Å². The minimum absolute atomic E-state index is 0.247. The lowest BCUT2D eigenvalue weighted by Gasteiger charge is -2.10. The van der Waals surface area contributed by atoms with Crippen molar-refractivity contribution >= 4 is 0 Å². The molecule has 0 heterocycles. The minimum atomic E-state index is -4.66. The van der Waals surface area contributed by atoms with Gasteiger partial charge in [0.2, 0.25) is 0 Å². The zero-order valence-corrected chi connectivity index (χ0v) is 11.7. The van der Waals surface area contributed by atoms with Gasteiger partial charge in [-0.05, 0) is 49.7 Å². The third-order valence-corrected chi connectivity index (χ3v) is 2.38. The van der Waals surface area contributed by atoms with E-state index in [1.807, 2.05) is 0 Å². The molecule has 0 fully saturated rings. The summed E-state index contributed by atoms with van der Waals surface area (Å²) in [6.45, 7) is 6.60. The van der Waals surface area contributed by atoms with Crippen LogP contribution in [0.1, 0.15) is 20.3 Å². The molecule has 20 heavy (non-hydrogen) atoms. The second-order valence-corrected chi connectivity index (χ2v) is 4.82. The van der Waals surface area contributed by atoms with Gasteiger partial charge in [0.15, 0.2) is 0 Å². The molecule has 0 radical (unpaired) electrons. The van der Waals surface area contributed by atoms with Gasteiger partial charge in [0, 0.05) is 0 Å². The smallest absolute Gasteiger partial charge is 0.494 e. The molecule has 3 nitrogen and oxygen atoms in total. The van der Waals surface area contributed by atoms with Crippen LogP contribution in [0.3, 0.4) is 0 Å². The lowest BCUT2D eigenvalue weighted by molar-refractivity contribution is -0.274. The van der Waals surface area contributed by atoms with E-state index < -0.39 is 6.36 Å². The van der Waals surface area contributed by atoms with E-state index in [0.29, 0.717) is 18.3 Å². The molecule has 1 aromatic carbocycles. The summed E-state index contributed by atoms with van der Waals surface area (Å²) in [5.41, 5.74) is 0. The maximum Gasteiger partial charge on any atom is 0.573 e. The van der Waals surface area contributed by atoms with Crippen molar-refractivity contribution in [1.82, 2.24) is 5.32 Å². The lowest BCUT2D eigenvalue weighted by atomic mass is 10.2. The Morgan fingerprint density at radius 1 is 1.10 bits per heavy atom. The number of hydrogen-bond acceptors (Lipinski definition) is 3. The van der Waals surface area contributed by atoms with Crippen LogP contribution in [-0.2, 0) is 0 Å². The van der Waals surface area contributed by atoms with Crippen molar-refractivity contribution in [3.05, 3.63) is 24.3 Å². The summed E-state index contributed by atoms with van der Waals surface area (Å²) in [6, 6.07) is 5.39. The Bertz CT molecular complexity index is 377. The predicted octanol–water partition coefficient (Wildman–Crippen LogP) is 3.60. The van der Waals surface area contributed by atoms with Crippen LogP contribution in [0.2, 0.25) is 0 Å². The van der Waals surface area contributed by atoms with E-state index in [4.69, 9.17) is 4.74 Å². The lowest BCUT2D eigenvalue weighted by Crippen LogP contribution is -2.22. The van der Waals surface area contributed by atoms with Crippen LogP contribution in [0.4, 0.5) is 13.2 Å². The number of rotatable bonds is 8. The van der Waals surface area contributed by atoms with Gasteiger partial charge in [0.1, 0.15) is 11.5 Å². The number of halogens is 3. The number of benzene rings is 1. The van der Waals surface area contributed by atoms with E-state index in [-0.39, 0.29) is 5.75 Å². The van der Waals surface area contributed by atoms with E-state index >= 15 is 0 Å². The molecule has 0 bridgehead atoms. The Morgan fingerprint density at radius 3 is 2.25 bits per heavy atom. The third kappa shape index (κ3) is 7.89. The minimum Gasteiger partial charge on any atom is -0.494 e. The maximum absolute atomic E-state index is 12.0. The molecule has 0 atom stereocenters. The molecule has 1 N–H and O–H groups in total. The van der Waals surface area contributed by atoms with E-state index in [9.17, 15) is 13.2 Å². The summed E-state index contributed by atoms with van der Waals surface area (Å²) in [7, 11) is 0. The van der Waals surface area contributed by atoms with Crippen molar-refractivity contribution in [1.29, 1.82) is 0 Å². The molecule has 0 spiro atoms. The molecule has 0 unspecified atom stereocenters. The Balaban J connectivity index is 2.21. The molecule has 0 aromatic heterocycles. The van der Waals surface area contributed by atoms with Crippen molar-refractivity contribution in [3.63, 3.8) is 0 Å². The van der Waals surface area contributed by atoms with Crippen LogP contribution < -0.4 is 14.8 Å². The molecule has 1 rings (SSSR count). The van der Waals surface area contributed by atoms with Gasteiger partial charge >= 0.3 is 6.36 Å². The normalized spacial score (nSPS) is 11.7. The van der Waals surface area contributed by atoms with Crippen LogP contribution in [0, 0.1) is 5.92 Å². The fourth-order valence-corrected chi connectivity index (χ4v) is 1.52. The van der Waals surface area contributed by atoms with Gasteiger partial charge in [0.25, 0.3) is 0 Å². The Hall–Kier alpha value is -1.43. The first-order valence-corrected chi connectivity index (χ1v) is 6.56. The van der Waals surface area contributed by atoms with E-state index in [2.05, 4.69) is 23.9 Å². The van der Waals surface area contributed by atoms with Crippen molar-refractivity contribution in [2.45, 2.75) is 26.6 Å². The number of nitrogens with one attached hydrogen (secondary N) is 1. The van der Waals surface area contributed by atoms with Gasteiger partial charge in [-0.3, -0.25) is 0 Å². The molecule has 0 amide bonds. The third-order valence-electron chi connectivity index (χ3n) is 2.38. The molecule has 1 aromatic rings. The van der Waals surface area contributed by atoms with Crippen LogP contribution in [0.15, 0.2) is 24.3 Å². The Labute approximate surface area is 117 Å². The highest BCUT2D eigenvalue weighted by Crippen LogP contribution is 2.24. The van der Waals surface area contributed by atoms with Gasteiger partial charge in [-0.25, -0.2) is 0 Å². The summed E-state index contributed by atoms with van der Waals surface area (Å²) in [5, 5.41) is 3.28. The average molecular weight is 291 g/mol. The number of ether oxygens (including phenoxy) is 2. The van der Waals surface area contributed by atoms with Crippen LogP contribution in [0.5, 0.6) is 11.5 Å². The summed E-state index contributed by atoms with van der Waals surface area (Å²) < 4.78 is 45.1. The standard InChI is InChI=1S/C14H20F3NO2/c1-11(2)10-18-8-3-9-19-12-4-6-13(7-5-12)20-14(15,16)17/h4-7,11,18H,3,8-10H2,1-2H3. The van der Waals surface area contributed by atoms with E-state index in [1.54, 1.807) is 0 Å². The Kier molecular flexibility index (Phi) is 6.64. The Morgan fingerprint density at radius 2 is 1.70 bits per heavy atom. The van der Waals surface area contributed by atoms with Crippen molar-refractivity contribution in [2.75, 3.05) is 19.7 Å². The quantitative estimate of drug-likeness (QED) is 0.742. The molecule has 0 aliphatic heterocycles. The van der Waals surface area contributed by atoms with Crippen molar-refractivity contribution in [2.24, 2.45) is 5.92 Å². The second kappa shape index (κ2) is 7.99. The van der Waals surface area contributed by atoms with E-state index in [0.717, 1.165) is 19.5 Å². The number of alkyl halides is 3. The first kappa shape index (κ1) is 16.6. The summed E-state index contributed by atoms with van der Waals surface area (Å²) in [5.74, 6) is 0.893. The SMILES string of the molecule is CC(C)CNCCCOc1ccc(OC(F)(F)F)cc1. The maximum atomic E-state index is 12.0. The van der Waals surface area contributed by atoms with Crippen LogP contribution in [0.25, 0.3) is 0 Å². The first-order valence-electron chi connectivity index (χ1n) is 6.56. The summed E-state index contributed by atoms with van der Waals surface area (Å²) in [4.78, 5) is 0. The highest BCUT2D eigenvalue weighted by Gasteiger charge is 2.30. The summed E-state index contributed by atoms with van der Waals surface area (Å²) >= 11 is 0. The molecule has 0 aliphatic rings. The largest absolute Gasteiger partial charge is 0.573 e. The highest BCUT2D eigenvalue weighted by molar-refractivity contribution is 5.31.